The second-order valence-electron chi connectivity index (χ2n) is 6.61. The van der Waals surface area contributed by atoms with Crippen LogP contribution in [0.25, 0.3) is 0 Å². The van der Waals surface area contributed by atoms with Gasteiger partial charge in [-0.15, -0.1) is 0 Å². The Hall–Kier alpha value is -1.30. The van der Waals surface area contributed by atoms with Crippen molar-refractivity contribution in [1.29, 1.82) is 0 Å². The zero-order valence-electron chi connectivity index (χ0n) is 13.4. The van der Waals surface area contributed by atoms with E-state index < -0.39 is 11.0 Å². The Morgan fingerprint density at radius 3 is 2.19 bits per heavy atom. The van der Waals surface area contributed by atoms with Crippen molar-refractivity contribution >= 4 is 11.7 Å². The number of carbonyl (C=O) groups is 1. The van der Waals surface area contributed by atoms with E-state index in [9.17, 15) is 9.90 Å². The van der Waals surface area contributed by atoms with Gasteiger partial charge in [-0.2, -0.15) is 0 Å². The normalized spacial score (nSPS) is 19.9. The lowest BCUT2D eigenvalue weighted by molar-refractivity contribution is -0.142. The number of hydrogen-bond donors (Lipinski definition) is 3. The molecule has 1 aliphatic rings. The van der Waals surface area contributed by atoms with Crippen LogP contribution in [0.3, 0.4) is 0 Å². The third-order valence-electron chi connectivity index (χ3n) is 4.21. The predicted molar refractivity (Wildman–Crippen MR) is 82.1 cm³/mol. The van der Waals surface area contributed by atoms with Crippen LogP contribution in [-0.4, -0.2) is 45.6 Å². The van der Waals surface area contributed by atoms with Crippen molar-refractivity contribution in [2.24, 2.45) is 16.3 Å². The lowest BCUT2D eigenvalue weighted by Crippen LogP contribution is -2.54. The Balaban J connectivity index is 3.09. The predicted octanol–water partition coefficient (Wildman–Crippen LogP) is 1.69. The van der Waals surface area contributed by atoms with Gasteiger partial charge in [-0.1, -0.05) is 30.8 Å². The summed E-state index contributed by atoms with van der Waals surface area (Å²) < 4.78 is 0. The third kappa shape index (κ3) is 4.33. The van der Waals surface area contributed by atoms with Gasteiger partial charge in [-0.05, 0) is 33.6 Å². The van der Waals surface area contributed by atoms with Gasteiger partial charge in [-0.3, -0.25) is 4.79 Å². The van der Waals surface area contributed by atoms with Crippen LogP contribution >= 0.6 is 0 Å². The monoisotopic (exact) mass is 299 g/mol. The molecule has 0 aromatic heterocycles. The summed E-state index contributed by atoms with van der Waals surface area (Å²) in [5.41, 5.74) is 4.01. The first-order valence-electron chi connectivity index (χ1n) is 7.76. The highest BCUT2D eigenvalue weighted by molar-refractivity contribution is 6.06. The molecular weight excluding hydrogens is 270 g/mol. The molecule has 0 bridgehead atoms. The lowest BCUT2D eigenvalue weighted by Gasteiger charge is -2.37. The van der Waals surface area contributed by atoms with E-state index in [-0.39, 0.29) is 18.3 Å². The van der Waals surface area contributed by atoms with Crippen molar-refractivity contribution < 1.29 is 15.1 Å². The molecule has 122 valence electrons. The van der Waals surface area contributed by atoms with Crippen LogP contribution in [0.4, 0.5) is 0 Å². The number of aliphatic hydroxyl groups is 1. The number of carbonyl (C=O) groups excluding carboxylic acids is 1. The van der Waals surface area contributed by atoms with Gasteiger partial charge in [0.2, 0.25) is 5.91 Å². The number of amidine groups is 1. The summed E-state index contributed by atoms with van der Waals surface area (Å²) in [7, 11) is 0. The van der Waals surface area contributed by atoms with E-state index in [2.05, 4.69) is 5.16 Å². The minimum atomic E-state index is -0.970. The Kier molecular flexibility index (Phi) is 6.01. The van der Waals surface area contributed by atoms with Crippen molar-refractivity contribution in [3.63, 3.8) is 0 Å². The maximum absolute atomic E-state index is 13.0. The Bertz CT molecular complexity index is 380. The molecule has 0 aliphatic heterocycles. The number of oxime groups is 1. The number of likely N-dealkylation sites (N-methyl/N-ethyl adjacent to an activating group) is 1. The number of rotatable bonds is 5. The fraction of sp³-hybridized carbons (Fsp3) is 0.867. The molecule has 0 heterocycles. The molecule has 21 heavy (non-hydrogen) atoms. The molecule has 1 amide bonds. The molecule has 0 saturated heterocycles. The van der Waals surface area contributed by atoms with E-state index >= 15 is 0 Å². The van der Waals surface area contributed by atoms with Crippen molar-refractivity contribution in [3.05, 3.63) is 0 Å². The molecule has 0 unspecified atom stereocenters. The molecule has 0 atom stereocenters. The molecule has 6 heteroatoms. The van der Waals surface area contributed by atoms with Crippen LogP contribution < -0.4 is 5.73 Å². The van der Waals surface area contributed by atoms with Crippen LogP contribution in [0.5, 0.6) is 0 Å². The van der Waals surface area contributed by atoms with Crippen LogP contribution in [-0.2, 0) is 4.79 Å². The van der Waals surface area contributed by atoms with E-state index in [0.29, 0.717) is 19.4 Å². The summed E-state index contributed by atoms with van der Waals surface area (Å²) in [5, 5.41) is 22.3. The highest BCUT2D eigenvalue weighted by Crippen LogP contribution is 2.37. The van der Waals surface area contributed by atoms with Crippen molar-refractivity contribution in [2.45, 2.75) is 64.9 Å². The van der Waals surface area contributed by atoms with E-state index in [1.165, 1.54) is 0 Å². The van der Waals surface area contributed by atoms with Gasteiger partial charge in [0, 0.05) is 13.1 Å². The number of hydrogen-bond acceptors (Lipinski definition) is 4. The van der Waals surface area contributed by atoms with Crippen LogP contribution in [0.2, 0.25) is 0 Å². The van der Waals surface area contributed by atoms with E-state index in [0.717, 1.165) is 25.7 Å². The smallest absolute Gasteiger partial charge is 0.236 e. The molecule has 1 fully saturated rings. The van der Waals surface area contributed by atoms with Crippen molar-refractivity contribution in [3.8, 4) is 0 Å². The average Bonchev–Trinajstić information content (AvgIpc) is 2.68. The lowest BCUT2D eigenvalue weighted by atomic mass is 9.77. The quantitative estimate of drug-likeness (QED) is 0.236. The first-order chi connectivity index (χ1) is 9.77. The van der Waals surface area contributed by atoms with Gasteiger partial charge >= 0.3 is 0 Å². The van der Waals surface area contributed by atoms with Crippen molar-refractivity contribution in [2.75, 3.05) is 13.1 Å². The van der Waals surface area contributed by atoms with E-state index in [1.807, 2.05) is 6.92 Å². The maximum atomic E-state index is 13.0. The van der Waals surface area contributed by atoms with E-state index in [4.69, 9.17) is 10.9 Å². The molecule has 0 radical (unpaired) electrons. The maximum Gasteiger partial charge on any atom is 0.236 e. The Morgan fingerprint density at radius 2 is 1.81 bits per heavy atom. The standard InChI is InChI=1S/C15H29N3O3/c1-4-18(11-14(2,3)20)13(19)15(12(16)17-21)9-7-5-6-8-10-15/h20-21H,4-11H2,1-3H3,(H2,16,17). The average molecular weight is 299 g/mol. The van der Waals surface area contributed by atoms with Crippen LogP contribution in [0.15, 0.2) is 5.16 Å². The highest BCUT2D eigenvalue weighted by atomic mass is 16.4. The highest BCUT2D eigenvalue weighted by Gasteiger charge is 2.45. The fourth-order valence-corrected chi connectivity index (χ4v) is 3.10. The Morgan fingerprint density at radius 1 is 1.29 bits per heavy atom. The zero-order valence-corrected chi connectivity index (χ0v) is 13.4. The van der Waals surface area contributed by atoms with Crippen LogP contribution in [0.1, 0.15) is 59.3 Å². The number of nitrogens with zero attached hydrogens (tertiary/aromatic N) is 2. The molecule has 6 nitrogen and oxygen atoms in total. The van der Waals surface area contributed by atoms with Gasteiger partial charge in [-0.25, -0.2) is 0 Å². The first kappa shape index (κ1) is 17.8. The second kappa shape index (κ2) is 7.11. The Labute approximate surface area is 127 Å². The molecule has 1 aliphatic carbocycles. The number of nitrogens with two attached hydrogens (primary N) is 1. The van der Waals surface area contributed by atoms with Gasteiger partial charge in [0.1, 0.15) is 5.41 Å². The summed E-state index contributed by atoms with van der Waals surface area (Å²) in [5.74, 6) is -0.132. The second-order valence-corrected chi connectivity index (χ2v) is 6.61. The largest absolute Gasteiger partial charge is 0.409 e. The summed E-state index contributed by atoms with van der Waals surface area (Å²) in [6.45, 7) is 5.95. The van der Waals surface area contributed by atoms with Gasteiger partial charge < -0.3 is 20.9 Å². The third-order valence-corrected chi connectivity index (χ3v) is 4.21. The summed E-state index contributed by atoms with van der Waals surface area (Å²) in [6, 6.07) is 0. The molecule has 0 aromatic carbocycles. The van der Waals surface area contributed by atoms with E-state index in [1.54, 1.807) is 18.7 Å². The summed E-state index contributed by atoms with van der Waals surface area (Å²) in [4.78, 5) is 14.6. The van der Waals surface area contributed by atoms with Crippen LogP contribution in [0, 0.1) is 5.41 Å². The molecule has 1 saturated carbocycles. The summed E-state index contributed by atoms with van der Waals surface area (Å²) >= 11 is 0. The van der Waals surface area contributed by atoms with Gasteiger partial charge in [0.05, 0.1) is 5.60 Å². The molecule has 4 N–H and O–H groups in total. The topological polar surface area (TPSA) is 99.2 Å². The van der Waals surface area contributed by atoms with Crippen molar-refractivity contribution in [1.82, 2.24) is 4.90 Å². The minimum absolute atomic E-state index is 0.00333. The molecule has 1 rings (SSSR count). The first-order valence-corrected chi connectivity index (χ1v) is 7.76. The van der Waals surface area contributed by atoms with Gasteiger partial charge in [0.15, 0.2) is 5.84 Å². The minimum Gasteiger partial charge on any atom is -0.409 e. The molecule has 0 spiro atoms. The zero-order chi connectivity index (χ0) is 16.1. The fourth-order valence-electron chi connectivity index (χ4n) is 3.10. The SMILES string of the molecule is CCN(CC(C)(C)O)C(=O)C1(C(N)=NO)CCCCCC1. The number of amides is 1. The molecule has 0 aromatic rings. The summed E-state index contributed by atoms with van der Waals surface area (Å²) in [6.07, 6.45) is 5.11. The van der Waals surface area contributed by atoms with Gasteiger partial charge in [0.25, 0.3) is 0 Å². The molecular formula is C15H29N3O3.